The molecule has 1 amide bonds. The largest absolute Gasteiger partial charge is 0.393 e. The maximum Gasteiger partial charge on any atom is 0.393 e. The summed E-state index contributed by atoms with van der Waals surface area (Å²) in [5, 5.41) is 0. The van der Waals surface area contributed by atoms with E-state index in [1.54, 1.807) is 4.90 Å². The molecule has 2 aliphatic heterocycles. The number of likely N-dealkylation sites (tertiary alicyclic amines) is 2. The fraction of sp³-hybridized carbons (Fsp3) is 0.917. The molecule has 2 saturated heterocycles. The third-order valence-electron chi connectivity index (χ3n) is 4.34. The van der Waals surface area contributed by atoms with Crippen LogP contribution in [0.2, 0.25) is 0 Å². The molecule has 110 valence electrons. The van der Waals surface area contributed by atoms with Gasteiger partial charge in [0, 0.05) is 19.1 Å². The standard InChI is InChI=1S/C12H20F3N3O/c1-17-4-2-8(3-5-17)18-6-9(11(16)19)10(7-18)12(13,14)15/h8-10H,2-7H2,1H3,(H2,16,19). The van der Waals surface area contributed by atoms with E-state index in [-0.39, 0.29) is 19.1 Å². The van der Waals surface area contributed by atoms with E-state index in [2.05, 4.69) is 4.90 Å². The van der Waals surface area contributed by atoms with Crippen LogP contribution in [0.4, 0.5) is 13.2 Å². The van der Waals surface area contributed by atoms with Gasteiger partial charge in [0.15, 0.2) is 0 Å². The number of nitrogens with zero attached hydrogens (tertiary/aromatic N) is 2. The number of carbonyl (C=O) groups excluding carboxylic acids is 1. The minimum atomic E-state index is -4.35. The Kier molecular flexibility index (Phi) is 4.06. The molecule has 2 rings (SSSR count). The minimum Gasteiger partial charge on any atom is -0.369 e. The van der Waals surface area contributed by atoms with Crippen LogP contribution in [-0.4, -0.2) is 61.2 Å². The summed E-state index contributed by atoms with van der Waals surface area (Å²) in [5.74, 6) is -3.54. The highest BCUT2D eigenvalue weighted by Crippen LogP contribution is 2.39. The van der Waals surface area contributed by atoms with Crippen molar-refractivity contribution in [2.75, 3.05) is 33.2 Å². The first-order valence-corrected chi connectivity index (χ1v) is 6.57. The quantitative estimate of drug-likeness (QED) is 0.808. The molecular weight excluding hydrogens is 259 g/mol. The van der Waals surface area contributed by atoms with Crippen LogP contribution in [0.3, 0.4) is 0 Å². The van der Waals surface area contributed by atoms with Gasteiger partial charge >= 0.3 is 6.18 Å². The van der Waals surface area contributed by atoms with Crippen LogP contribution in [-0.2, 0) is 4.79 Å². The monoisotopic (exact) mass is 279 g/mol. The van der Waals surface area contributed by atoms with Crippen LogP contribution in [0.25, 0.3) is 0 Å². The summed E-state index contributed by atoms with van der Waals surface area (Å²) in [5.41, 5.74) is 5.12. The summed E-state index contributed by atoms with van der Waals surface area (Å²) < 4.78 is 38.8. The highest BCUT2D eigenvalue weighted by atomic mass is 19.4. The lowest BCUT2D eigenvalue weighted by molar-refractivity contribution is -0.183. The summed E-state index contributed by atoms with van der Waals surface area (Å²) in [6, 6.07) is 0.144. The molecule has 19 heavy (non-hydrogen) atoms. The van der Waals surface area contributed by atoms with E-state index >= 15 is 0 Å². The Morgan fingerprint density at radius 1 is 1.21 bits per heavy atom. The first-order chi connectivity index (χ1) is 8.79. The van der Waals surface area contributed by atoms with Crippen LogP contribution in [0.1, 0.15) is 12.8 Å². The van der Waals surface area contributed by atoms with Gasteiger partial charge in [-0.2, -0.15) is 13.2 Å². The highest BCUT2D eigenvalue weighted by Gasteiger charge is 2.52. The number of halogens is 3. The van der Waals surface area contributed by atoms with Crippen LogP contribution in [0.15, 0.2) is 0 Å². The van der Waals surface area contributed by atoms with Gasteiger partial charge in [0.05, 0.1) is 11.8 Å². The zero-order valence-corrected chi connectivity index (χ0v) is 11.0. The van der Waals surface area contributed by atoms with E-state index in [1.807, 2.05) is 7.05 Å². The number of primary amides is 1. The normalized spacial score (nSPS) is 31.8. The molecule has 2 aliphatic rings. The maximum atomic E-state index is 12.9. The van der Waals surface area contributed by atoms with Crippen LogP contribution in [0, 0.1) is 11.8 Å². The van der Waals surface area contributed by atoms with Gasteiger partial charge in [-0.05, 0) is 33.0 Å². The van der Waals surface area contributed by atoms with Crippen LogP contribution < -0.4 is 5.73 Å². The number of rotatable bonds is 2. The fourth-order valence-electron chi connectivity index (χ4n) is 3.11. The lowest BCUT2D eigenvalue weighted by Gasteiger charge is -2.35. The van der Waals surface area contributed by atoms with Gasteiger partial charge in [0.1, 0.15) is 0 Å². The molecule has 0 aliphatic carbocycles. The van der Waals surface area contributed by atoms with Gasteiger partial charge in [-0.15, -0.1) is 0 Å². The predicted octanol–water partition coefficient (Wildman–Crippen LogP) is 0.676. The van der Waals surface area contributed by atoms with Crippen LogP contribution in [0.5, 0.6) is 0 Å². The van der Waals surface area contributed by atoms with Gasteiger partial charge in [-0.1, -0.05) is 0 Å². The minimum absolute atomic E-state index is 0.0918. The summed E-state index contributed by atoms with van der Waals surface area (Å²) in [6.45, 7) is 1.83. The summed E-state index contributed by atoms with van der Waals surface area (Å²) in [6.07, 6.45) is -2.64. The van der Waals surface area contributed by atoms with E-state index in [0.29, 0.717) is 0 Å². The Morgan fingerprint density at radius 2 is 1.79 bits per heavy atom. The summed E-state index contributed by atoms with van der Waals surface area (Å²) >= 11 is 0. The maximum absolute atomic E-state index is 12.9. The van der Waals surface area contributed by atoms with Gasteiger partial charge in [0.2, 0.25) is 5.91 Å². The van der Waals surface area contributed by atoms with Gasteiger partial charge in [0.25, 0.3) is 0 Å². The van der Waals surface area contributed by atoms with Crippen molar-refractivity contribution >= 4 is 5.91 Å². The number of nitrogens with two attached hydrogens (primary N) is 1. The van der Waals surface area contributed by atoms with Crippen LogP contribution >= 0.6 is 0 Å². The summed E-state index contributed by atoms with van der Waals surface area (Å²) in [4.78, 5) is 15.2. The smallest absolute Gasteiger partial charge is 0.369 e. The summed E-state index contributed by atoms with van der Waals surface area (Å²) in [7, 11) is 2.00. The van der Waals surface area contributed by atoms with E-state index in [1.165, 1.54) is 0 Å². The van der Waals surface area contributed by atoms with Crippen molar-refractivity contribution in [3.05, 3.63) is 0 Å². The number of hydrogen-bond donors (Lipinski definition) is 1. The second-order valence-corrected chi connectivity index (χ2v) is 5.65. The number of amides is 1. The highest BCUT2D eigenvalue weighted by molar-refractivity contribution is 5.77. The second kappa shape index (κ2) is 5.28. The van der Waals surface area contributed by atoms with Crippen molar-refractivity contribution in [1.29, 1.82) is 0 Å². The molecule has 0 spiro atoms. The number of hydrogen-bond acceptors (Lipinski definition) is 3. The molecule has 0 aromatic rings. The van der Waals surface area contributed by atoms with Crippen molar-refractivity contribution in [3.63, 3.8) is 0 Å². The molecule has 0 radical (unpaired) electrons. The Bertz CT molecular complexity index is 340. The third-order valence-corrected chi connectivity index (χ3v) is 4.34. The molecule has 4 nitrogen and oxygen atoms in total. The van der Waals surface area contributed by atoms with Crippen molar-refractivity contribution < 1.29 is 18.0 Å². The molecule has 0 saturated carbocycles. The molecule has 0 aromatic carbocycles. The van der Waals surface area contributed by atoms with Crippen molar-refractivity contribution in [3.8, 4) is 0 Å². The van der Waals surface area contributed by atoms with E-state index < -0.39 is 23.9 Å². The number of piperidine rings is 1. The van der Waals surface area contributed by atoms with Gasteiger partial charge in [-0.3, -0.25) is 9.69 Å². The van der Waals surface area contributed by atoms with Gasteiger partial charge < -0.3 is 10.6 Å². The van der Waals surface area contributed by atoms with E-state index in [4.69, 9.17) is 5.73 Å². The topological polar surface area (TPSA) is 49.6 Å². The first-order valence-electron chi connectivity index (χ1n) is 6.57. The van der Waals surface area contributed by atoms with Crippen molar-refractivity contribution in [2.45, 2.75) is 25.1 Å². The number of alkyl halides is 3. The van der Waals surface area contributed by atoms with Gasteiger partial charge in [-0.25, -0.2) is 0 Å². The average molecular weight is 279 g/mol. The molecule has 0 bridgehead atoms. The molecule has 2 unspecified atom stereocenters. The van der Waals surface area contributed by atoms with E-state index in [0.717, 1.165) is 25.9 Å². The zero-order valence-electron chi connectivity index (χ0n) is 11.0. The average Bonchev–Trinajstić information content (AvgIpc) is 2.74. The lowest BCUT2D eigenvalue weighted by atomic mass is 9.95. The number of carbonyl (C=O) groups is 1. The fourth-order valence-corrected chi connectivity index (χ4v) is 3.11. The first kappa shape index (κ1) is 14.6. The Morgan fingerprint density at radius 3 is 2.21 bits per heavy atom. The van der Waals surface area contributed by atoms with E-state index in [9.17, 15) is 18.0 Å². The molecule has 2 fully saturated rings. The Labute approximate surface area is 110 Å². The molecular formula is C12H20F3N3O. The van der Waals surface area contributed by atoms with Crippen molar-refractivity contribution in [1.82, 2.24) is 9.80 Å². The predicted molar refractivity (Wildman–Crippen MR) is 64.3 cm³/mol. The third kappa shape index (κ3) is 3.20. The molecule has 2 N–H and O–H groups in total. The van der Waals surface area contributed by atoms with Crippen molar-refractivity contribution in [2.24, 2.45) is 17.6 Å². The Balaban J connectivity index is 2.03. The molecule has 2 atom stereocenters. The zero-order chi connectivity index (χ0) is 14.2. The Hall–Kier alpha value is -0.820. The second-order valence-electron chi connectivity index (χ2n) is 5.65. The molecule has 2 heterocycles. The SMILES string of the molecule is CN1CCC(N2CC(C(N)=O)C(C(F)(F)F)C2)CC1. The molecule has 0 aromatic heterocycles. The molecule has 7 heteroatoms. The lowest BCUT2D eigenvalue weighted by Crippen LogP contribution is -2.43.